The van der Waals surface area contributed by atoms with Crippen LogP contribution in [0.5, 0.6) is 11.5 Å². The Kier molecular flexibility index (Phi) is 2.10. The molecule has 1 aliphatic heterocycles. The quantitative estimate of drug-likeness (QED) is 0.547. The molecule has 1 heterocycles. The van der Waals surface area contributed by atoms with Crippen molar-refractivity contribution in [2.24, 2.45) is 0 Å². The average Bonchev–Trinajstić information content (AvgIpc) is 2.17. The third-order valence-corrected chi connectivity index (χ3v) is 1.82. The van der Waals surface area contributed by atoms with Gasteiger partial charge in [-0.2, -0.15) is 0 Å². The molecule has 1 aliphatic rings. The molecular weight excluding hydrogens is 184 g/mol. The van der Waals surface area contributed by atoms with Crippen LogP contribution in [0.25, 0.3) is 6.08 Å². The molecule has 2 rings (SSSR count). The summed E-state index contributed by atoms with van der Waals surface area (Å²) in [5.41, 5.74) is 0.829. The summed E-state index contributed by atoms with van der Waals surface area (Å²) in [6.07, 6.45) is 2.41. The molecule has 0 atom stereocenters. The van der Waals surface area contributed by atoms with Crippen LogP contribution in [0.2, 0.25) is 0 Å². The monoisotopic (exact) mass is 192 g/mol. The van der Waals surface area contributed by atoms with Crippen LogP contribution in [-0.4, -0.2) is 17.9 Å². The minimum atomic E-state index is -1.31. The molecule has 0 aromatic heterocycles. The third kappa shape index (κ3) is 1.69. The largest absolute Gasteiger partial charge is 0.511 e. The smallest absolute Gasteiger partial charge is 0.489 e. The maximum absolute atomic E-state index is 10.3. The van der Waals surface area contributed by atoms with Crippen molar-refractivity contribution in [3.8, 4) is 11.5 Å². The van der Waals surface area contributed by atoms with E-state index in [1.807, 2.05) is 12.2 Å². The zero-order valence-electron chi connectivity index (χ0n) is 7.27. The lowest BCUT2D eigenvalue weighted by Gasteiger charge is -2.12. The van der Waals surface area contributed by atoms with Crippen molar-refractivity contribution >= 4 is 12.2 Å². The molecule has 0 spiro atoms. The maximum Gasteiger partial charge on any atom is 0.511 e. The molecule has 0 aliphatic carbocycles. The molecular formula is C10H8O4. The molecule has 0 amide bonds. The number of rotatable bonds is 1. The Bertz CT molecular complexity index is 395. The summed E-state index contributed by atoms with van der Waals surface area (Å²) in [7, 11) is 0. The van der Waals surface area contributed by atoms with Crippen LogP contribution in [0.15, 0.2) is 24.3 Å². The lowest BCUT2D eigenvalue weighted by molar-refractivity contribution is 0.144. The zero-order chi connectivity index (χ0) is 9.97. The van der Waals surface area contributed by atoms with Gasteiger partial charge in [0.15, 0.2) is 0 Å². The molecule has 0 saturated heterocycles. The fraction of sp³-hybridized carbons (Fsp3) is 0.100. The van der Waals surface area contributed by atoms with Gasteiger partial charge in [-0.1, -0.05) is 6.08 Å². The van der Waals surface area contributed by atoms with E-state index in [1.165, 1.54) is 0 Å². The summed E-state index contributed by atoms with van der Waals surface area (Å²) >= 11 is 0. The molecule has 1 N–H and O–H groups in total. The maximum atomic E-state index is 10.3. The summed E-state index contributed by atoms with van der Waals surface area (Å²) in [5.74, 6) is 1.04. The van der Waals surface area contributed by atoms with E-state index in [0.29, 0.717) is 12.4 Å². The topological polar surface area (TPSA) is 55.8 Å². The normalized spacial score (nSPS) is 12.9. The molecule has 0 fully saturated rings. The van der Waals surface area contributed by atoms with Gasteiger partial charge in [0.1, 0.15) is 18.1 Å². The van der Waals surface area contributed by atoms with Crippen LogP contribution in [0.3, 0.4) is 0 Å². The van der Waals surface area contributed by atoms with E-state index < -0.39 is 6.16 Å². The number of benzene rings is 1. The summed E-state index contributed by atoms with van der Waals surface area (Å²) in [4.78, 5) is 10.3. The van der Waals surface area contributed by atoms with Crippen molar-refractivity contribution in [2.75, 3.05) is 6.61 Å². The number of carbonyl (C=O) groups is 1. The molecule has 1 aromatic rings. The van der Waals surface area contributed by atoms with Crippen molar-refractivity contribution in [1.82, 2.24) is 0 Å². The van der Waals surface area contributed by atoms with Crippen LogP contribution < -0.4 is 9.47 Å². The fourth-order valence-corrected chi connectivity index (χ4v) is 1.27. The van der Waals surface area contributed by atoms with Gasteiger partial charge in [0.25, 0.3) is 0 Å². The van der Waals surface area contributed by atoms with Crippen molar-refractivity contribution in [3.63, 3.8) is 0 Å². The predicted octanol–water partition coefficient (Wildman–Crippen LogP) is 2.15. The molecule has 14 heavy (non-hydrogen) atoms. The standard InChI is InChI=1S/C10H8O4/c11-10(12)14-8-3-4-9-7(6-8)2-1-5-13-9/h1-4,6H,5H2,(H,11,12). The first-order valence-corrected chi connectivity index (χ1v) is 4.10. The highest BCUT2D eigenvalue weighted by molar-refractivity contribution is 5.65. The first-order chi connectivity index (χ1) is 6.75. The second kappa shape index (κ2) is 3.41. The Labute approximate surface area is 80.4 Å². The lowest BCUT2D eigenvalue weighted by Crippen LogP contribution is -2.04. The Balaban J connectivity index is 2.30. The van der Waals surface area contributed by atoms with Gasteiger partial charge in [0.05, 0.1) is 0 Å². The van der Waals surface area contributed by atoms with Gasteiger partial charge in [-0.3, -0.25) is 0 Å². The predicted molar refractivity (Wildman–Crippen MR) is 49.6 cm³/mol. The van der Waals surface area contributed by atoms with E-state index in [2.05, 4.69) is 4.74 Å². The van der Waals surface area contributed by atoms with Gasteiger partial charge >= 0.3 is 6.16 Å². The molecule has 0 radical (unpaired) electrons. The second-order valence-corrected chi connectivity index (χ2v) is 2.78. The van der Waals surface area contributed by atoms with Crippen LogP contribution in [0.4, 0.5) is 4.79 Å². The molecule has 4 heteroatoms. The average molecular weight is 192 g/mol. The Morgan fingerprint density at radius 1 is 1.50 bits per heavy atom. The highest BCUT2D eigenvalue weighted by Crippen LogP contribution is 2.27. The van der Waals surface area contributed by atoms with E-state index >= 15 is 0 Å². The van der Waals surface area contributed by atoms with Gasteiger partial charge in [0, 0.05) is 5.56 Å². The van der Waals surface area contributed by atoms with Gasteiger partial charge < -0.3 is 14.6 Å². The Morgan fingerprint density at radius 3 is 3.14 bits per heavy atom. The summed E-state index contributed by atoms with van der Waals surface area (Å²) in [6.45, 7) is 0.548. The molecule has 4 nitrogen and oxygen atoms in total. The second-order valence-electron chi connectivity index (χ2n) is 2.78. The van der Waals surface area contributed by atoms with Crippen molar-refractivity contribution in [1.29, 1.82) is 0 Å². The van der Waals surface area contributed by atoms with Crippen molar-refractivity contribution in [2.45, 2.75) is 0 Å². The zero-order valence-corrected chi connectivity index (χ0v) is 7.27. The van der Waals surface area contributed by atoms with Gasteiger partial charge in [0.2, 0.25) is 0 Å². The van der Waals surface area contributed by atoms with Gasteiger partial charge in [-0.25, -0.2) is 4.79 Å². The van der Waals surface area contributed by atoms with E-state index in [0.717, 1.165) is 11.3 Å². The lowest BCUT2D eigenvalue weighted by atomic mass is 10.1. The first kappa shape index (κ1) is 8.62. The number of ether oxygens (including phenoxy) is 2. The van der Waals surface area contributed by atoms with E-state index in [9.17, 15) is 4.79 Å². The summed E-state index contributed by atoms with van der Waals surface area (Å²) < 4.78 is 9.80. The van der Waals surface area contributed by atoms with E-state index in [4.69, 9.17) is 9.84 Å². The summed E-state index contributed by atoms with van der Waals surface area (Å²) in [6, 6.07) is 4.88. The van der Waals surface area contributed by atoms with Crippen molar-refractivity contribution in [3.05, 3.63) is 29.8 Å². The van der Waals surface area contributed by atoms with Gasteiger partial charge in [-0.05, 0) is 24.3 Å². The number of hydrogen-bond acceptors (Lipinski definition) is 3. The Morgan fingerprint density at radius 2 is 2.36 bits per heavy atom. The summed E-state index contributed by atoms with van der Waals surface area (Å²) in [5, 5.41) is 8.40. The van der Waals surface area contributed by atoms with Crippen molar-refractivity contribution < 1.29 is 19.4 Å². The minimum Gasteiger partial charge on any atom is -0.489 e. The van der Waals surface area contributed by atoms with Crippen LogP contribution in [0.1, 0.15) is 5.56 Å². The van der Waals surface area contributed by atoms with E-state index in [1.54, 1.807) is 18.2 Å². The molecule has 0 unspecified atom stereocenters. The highest BCUT2D eigenvalue weighted by Gasteiger charge is 2.08. The fourth-order valence-electron chi connectivity index (χ4n) is 1.27. The first-order valence-electron chi connectivity index (χ1n) is 4.10. The molecule has 0 bridgehead atoms. The SMILES string of the molecule is O=C(O)Oc1ccc2c(c1)C=CCO2. The van der Waals surface area contributed by atoms with Gasteiger partial charge in [-0.15, -0.1) is 0 Å². The van der Waals surface area contributed by atoms with Crippen LogP contribution >= 0.6 is 0 Å². The van der Waals surface area contributed by atoms with E-state index in [-0.39, 0.29) is 0 Å². The number of fused-ring (bicyclic) bond motifs is 1. The minimum absolute atomic E-state index is 0.298. The number of hydrogen-bond donors (Lipinski definition) is 1. The van der Waals surface area contributed by atoms with Crippen LogP contribution in [-0.2, 0) is 0 Å². The molecule has 0 saturated carbocycles. The third-order valence-electron chi connectivity index (χ3n) is 1.82. The Hall–Kier alpha value is -1.97. The number of carboxylic acid groups (broad SMARTS) is 1. The van der Waals surface area contributed by atoms with Crippen LogP contribution in [0, 0.1) is 0 Å². The molecule has 72 valence electrons. The highest BCUT2D eigenvalue weighted by atomic mass is 16.7. The molecule has 1 aromatic carbocycles.